The van der Waals surface area contributed by atoms with E-state index in [-0.39, 0.29) is 4.90 Å². The number of rotatable bonds is 4. The summed E-state index contributed by atoms with van der Waals surface area (Å²) in [6, 6.07) is 7.23. The Morgan fingerprint density at radius 2 is 1.88 bits per heavy atom. The predicted octanol–water partition coefficient (Wildman–Crippen LogP) is 3.46. The van der Waals surface area contributed by atoms with Crippen molar-refractivity contribution in [3.63, 3.8) is 0 Å². The van der Waals surface area contributed by atoms with E-state index >= 15 is 0 Å². The molecule has 6 aromatic rings. The highest BCUT2D eigenvalue weighted by Crippen LogP contribution is 2.33. The molecule has 0 saturated heterocycles. The van der Waals surface area contributed by atoms with Gasteiger partial charge in [0.05, 0.1) is 45.7 Å². The minimum absolute atomic E-state index is 0.175. The zero-order valence-corrected chi connectivity index (χ0v) is 19.0. The number of aromatic nitrogens is 8. The summed E-state index contributed by atoms with van der Waals surface area (Å²) in [4.78, 5) is 20.9. The van der Waals surface area contributed by atoms with Gasteiger partial charge in [0.15, 0.2) is 9.84 Å². The molecule has 0 fully saturated rings. The lowest BCUT2D eigenvalue weighted by molar-refractivity contribution is 0.602. The number of H-pyrrole nitrogens is 2. The van der Waals surface area contributed by atoms with E-state index in [9.17, 15) is 8.42 Å². The first-order valence-corrected chi connectivity index (χ1v) is 12.3. The van der Waals surface area contributed by atoms with Gasteiger partial charge in [0.25, 0.3) is 0 Å². The fraction of sp³-hybridized carbons (Fsp3) is 0.0870. The van der Waals surface area contributed by atoms with Crippen LogP contribution in [0.15, 0.2) is 66.5 Å². The van der Waals surface area contributed by atoms with E-state index in [0.29, 0.717) is 17.0 Å². The number of imidazole rings is 1. The van der Waals surface area contributed by atoms with Crippen molar-refractivity contribution in [1.29, 1.82) is 0 Å². The zero-order chi connectivity index (χ0) is 23.4. The van der Waals surface area contributed by atoms with E-state index in [0.717, 1.165) is 39.0 Å². The maximum Gasteiger partial charge on any atom is 0.176 e. The van der Waals surface area contributed by atoms with E-state index in [1.807, 2.05) is 35.9 Å². The third-order valence-electron chi connectivity index (χ3n) is 5.66. The minimum atomic E-state index is -3.46. The molecule has 0 aromatic carbocycles. The van der Waals surface area contributed by atoms with Crippen molar-refractivity contribution in [3.8, 4) is 28.3 Å². The van der Waals surface area contributed by atoms with Crippen LogP contribution in [0.5, 0.6) is 0 Å². The summed E-state index contributed by atoms with van der Waals surface area (Å²) >= 11 is 0. The van der Waals surface area contributed by atoms with Gasteiger partial charge in [-0.25, -0.2) is 18.4 Å². The zero-order valence-electron chi connectivity index (χ0n) is 18.2. The molecule has 0 aliphatic rings. The number of hydrogen-bond donors (Lipinski definition) is 2. The molecule has 6 heterocycles. The predicted molar refractivity (Wildman–Crippen MR) is 127 cm³/mol. The van der Waals surface area contributed by atoms with Crippen LogP contribution in [0.4, 0.5) is 0 Å². The molecule has 11 heteroatoms. The van der Waals surface area contributed by atoms with Crippen molar-refractivity contribution >= 4 is 31.8 Å². The Morgan fingerprint density at radius 1 is 1.00 bits per heavy atom. The molecule has 0 saturated carbocycles. The van der Waals surface area contributed by atoms with Crippen molar-refractivity contribution in [1.82, 2.24) is 39.7 Å². The Morgan fingerprint density at radius 3 is 2.68 bits per heavy atom. The van der Waals surface area contributed by atoms with E-state index in [1.54, 1.807) is 18.7 Å². The number of pyridine rings is 3. The van der Waals surface area contributed by atoms with Crippen molar-refractivity contribution in [2.75, 3.05) is 6.26 Å². The van der Waals surface area contributed by atoms with Gasteiger partial charge in [-0.3, -0.25) is 15.1 Å². The summed E-state index contributed by atoms with van der Waals surface area (Å²) < 4.78 is 26.5. The molecule has 0 spiro atoms. The number of nitrogens with zero attached hydrogens (tertiary/aromatic N) is 6. The Kier molecular flexibility index (Phi) is 4.36. The van der Waals surface area contributed by atoms with Gasteiger partial charge in [0, 0.05) is 47.4 Å². The highest BCUT2D eigenvalue weighted by molar-refractivity contribution is 7.90. The van der Waals surface area contributed by atoms with Crippen LogP contribution in [0.1, 0.15) is 5.69 Å². The molecule has 10 nitrogen and oxygen atoms in total. The number of sulfone groups is 1. The summed E-state index contributed by atoms with van der Waals surface area (Å²) in [5.41, 5.74) is 5.68. The second kappa shape index (κ2) is 7.32. The normalized spacial score (nSPS) is 12.1. The van der Waals surface area contributed by atoms with Gasteiger partial charge in [-0.05, 0) is 31.2 Å². The lowest BCUT2D eigenvalue weighted by Crippen LogP contribution is -2.01. The van der Waals surface area contributed by atoms with Crippen LogP contribution in [-0.4, -0.2) is 54.4 Å². The van der Waals surface area contributed by atoms with Gasteiger partial charge in [0.1, 0.15) is 11.3 Å². The molecule has 0 atom stereocenters. The molecule has 6 rings (SSSR count). The highest BCUT2D eigenvalue weighted by Gasteiger charge is 2.19. The van der Waals surface area contributed by atoms with Crippen LogP contribution in [0.3, 0.4) is 0 Å². The van der Waals surface area contributed by atoms with Gasteiger partial charge in [0.2, 0.25) is 0 Å². The molecule has 0 unspecified atom stereocenters. The van der Waals surface area contributed by atoms with Crippen LogP contribution < -0.4 is 0 Å². The molecule has 0 amide bonds. The van der Waals surface area contributed by atoms with E-state index in [1.165, 1.54) is 24.7 Å². The minimum Gasteiger partial charge on any atom is -0.338 e. The molecule has 2 N–H and O–H groups in total. The average molecular weight is 471 g/mol. The maximum absolute atomic E-state index is 12.3. The summed E-state index contributed by atoms with van der Waals surface area (Å²) in [6.45, 7) is 1.94. The van der Waals surface area contributed by atoms with Gasteiger partial charge >= 0.3 is 0 Å². The topological polar surface area (TPSA) is 135 Å². The van der Waals surface area contributed by atoms with Crippen LogP contribution >= 0.6 is 0 Å². The van der Waals surface area contributed by atoms with Gasteiger partial charge in [-0.1, -0.05) is 0 Å². The van der Waals surface area contributed by atoms with Gasteiger partial charge in [-0.2, -0.15) is 5.10 Å². The lowest BCUT2D eigenvalue weighted by atomic mass is 10.1. The first kappa shape index (κ1) is 20.2. The molecular weight excluding hydrogens is 452 g/mol. The molecule has 0 bridgehead atoms. The summed E-state index contributed by atoms with van der Waals surface area (Å²) in [7, 11) is -3.46. The number of aromatic amines is 2. The second-order valence-corrected chi connectivity index (χ2v) is 10.0. The fourth-order valence-electron chi connectivity index (χ4n) is 4.09. The summed E-state index contributed by atoms with van der Waals surface area (Å²) in [5, 5.41) is 9.21. The summed E-state index contributed by atoms with van der Waals surface area (Å²) in [6.07, 6.45) is 11.2. The smallest absolute Gasteiger partial charge is 0.176 e. The van der Waals surface area contributed by atoms with Crippen molar-refractivity contribution < 1.29 is 8.42 Å². The van der Waals surface area contributed by atoms with Crippen LogP contribution in [0.25, 0.3) is 50.3 Å². The number of aryl methyl sites for hydroxylation is 1. The Balaban J connectivity index is 1.52. The molecule has 0 radical (unpaired) electrons. The monoisotopic (exact) mass is 470 g/mol. The molecule has 168 valence electrons. The van der Waals surface area contributed by atoms with Crippen molar-refractivity contribution in [2.45, 2.75) is 11.8 Å². The van der Waals surface area contributed by atoms with E-state index < -0.39 is 9.84 Å². The molecule has 0 aliphatic heterocycles. The molecule has 0 aliphatic carbocycles. The Hall–Kier alpha value is -4.38. The van der Waals surface area contributed by atoms with Crippen molar-refractivity contribution in [2.24, 2.45) is 0 Å². The van der Waals surface area contributed by atoms with Crippen LogP contribution in [0.2, 0.25) is 0 Å². The molecule has 6 aromatic heterocycles. The number of nitrogens with one attached hydrogen (secondary N) is 2. The van der Waals surface area contributed by atoms with Gasteiger partial charge < -0.3 is 9.55 Å². The van der Waals surface area contributed by atoms with Gasteiger partial charge in [-0.15, -0.1) is 0 Å². The quantitative estimate of drug-likeness (QED) is 0.403. The third kappa shape index (κ3) is 3.25. The average Bonchev–Trinajstić information content (AvgIpc) is 3.55. The highest BCUT2D eigenvalue weighted by atomic mass is 32.2. The fourth-order valence-corrected chi connectivity index (χ4v) is 4.95. The van der Waals surface area contributed by atoms with E-state index in [4.69, 9.17) is 0 Å². The number of hydrogen-bond acceptors (Lipinski definition) is 7. The SMILES string of the molecule is Cc1cn(-c2ccnc3[nH]c(-c4n[nH]c5cnc(-c6cnccc6S(C)(=O)=O)cc45)cc23)cn1. The summed E-state index contributed by atoms with van der Waals surface area (Å²) in [5.74, 6) is 0. The molecular formula is C23H18N8O2S. The number of fused-ring (bicyclic) bond motifs is 2. The third-order valence-corrected chi connectivity index (χ3v) is 6.81. The first-order chi connectivity index (χ1) is 16.4. The lowest BCUT2D eigenvalue weighted by Gasteiger charge is -2.06. The molecule has 34 heavy (non-hydrogen) atoms. The second-order valence-electron chi connectivity index (χ2n) is 8.03. The maximum atomic E-state index is 12.3. The Bertz CT molecular complexity index is 1810. The largest absolute Gasteiger partial charge is 0.338 e. The standard InChI is InChI=1S/C23H18N8O2S/c1-13-11-31(12-27-13)20-3-6-25-23-15(20)8-18(28-23)22-14-7-17(26-10-19(14)29-30-22)16-9-24-5-4-21(16)34(2,32)33/h3-12H,1-2H3,(H,25,28)(H,29,30). The Labute approximate surface area is 193 Å². The van der Waals surface area contributed by atoms with Crippen LogP contribution in [-0.2, 0) is 9.84 Å². The van der Waals surface area contributed by atoms with Crippen LogP contribution in [0, 0.1) is 6.92 Å². The van der Waals surface area contributed by atoms with Crippen molar-refractivity contribution in [3.05, 3.63) is 67.3 Å². The van der Waals surface area contributed by atoms with E-state index in [2.05, 4.69) is 35.1 Å². The first-order valence-electron chi connectivity index (χ1n) is 10.4.